The monoisotopic (exact) mass is 276 g/mol. The third-order valence-corrected chi connectivity index (χ3v) is 4.63. The van der Waals surface area contributed by atoms with Gasteiger partial charge in [0.25, 0.3) is 0 Å². The molecule has 1 aliphatic carbocycles. The summed E-state index contributed by atoms with van der Waals surface area (Å²) >= 11 is 0. The molecule has 4 rings (SSSR count). The number of benzene rings is 3. The number of hydrogen-bond acceptors (Lipinski definition) is 1. The van der Waals surface area contributed by atoms with Gasteiger partial charge in [-0.3, -0.25) is 0 Å². The zero-order valence-corrected chi connectivity index (χ0v) is 12.5. The van der Waals surface area contributed by atoms with E-state index in [2.05, 4.69) is 49.4 Å². The molecule has 0 N–H and O–H groups in total. The SMILES string of the molecule is CCOc1cc2c3c(ccc2c2ccccc12)CCCC3. The van der Waals surface area contributed by atoms with E-state index in [4.69, 9.17) is 4.74 Å². The lowest BCUT2D eigenvalue weighted by molar-refractivity contribution is 0.345. The van der Waals surface area contributed by atoms with Crippen molar-refractivity contribution >= 4 is 21.5 Å². The van der Waals surface area contributed by atoms with Crippen molar-refractivity contribution < 1.29 is 4.74 Å². The van der Waals surface area contributed by atoms with Crippen LogP contribution >= 0.6 is 0 Å². The molecular formula is C20H20O. The minimum absolute atomic E-state index is 0.713. The zero-order chi connectivity index (χ0) is 14.2. The fourth-order valence-electron chi connectivity index (χ4n) is 3.67. The first-order valence-corrected chi connectivity index (χ1v) is 7.97. The van der Waals surface area contributed by atoms with Gasteiger partial charge in [-0.2, -0.15) is 0 Å². The molecule has 0 spiro atoms. The highest BCUT2D eigenvalue weighted by Crippen LogP contribution is 2.38. The molecule has 21 heavy (non-hydrogen) atoms. The number of rotatable bonds is 2. The number of fused-ring (bicyclic) bond motifs is 5. The highest BCUT2D eigenvalue weighted by Gasteiger charge is 2.15. The Bertz CT molecular complexity index is 817. The largest absolute Gasteiger partial charge is 0.493 e. The van der Waals surface area contributed by atoms with Crippen molar-refractivity contribution in [2.24, 2.45) is 0 Å². The molecule has 0 radical (unpaired) electrons. The molecular weight excluding hydrogens is 256 g/mol. The lowest BCUT2D eigenvalue weighted by Gasteiger charge is -2.20. The van der Waals surface area contributed by atoms with E-state index in [1.165, 1.54) is 52.8 Å². The first kappa shape index (κ1) is 12.7. The molecule has 0 atom stereocenters. The van der Waals surface area contributed by atoms with Crippen LogP contribution in [0, 0.1) is 0 Å². The molecule has 0 amide bonds. The van der Waals surface area contributed by atoms with Crippen molar-refractivity contribution in [1.82, 2.24) is 0 Å². The Kier molecular flexibility index (Phi) is 3.07. The molecule has 0 heterocycles. The smallest absolute Gasteiger partial charge is 0.127 e. The standard InChI is InChI=1S/C20H20O/c1-2-21-20-13-19-15-8-4-3-7-14(15)11-12-17(19)16-9-5-6-10-18(16)20/h5-6,9-13H,2-4,7-8H2,1H3. The van der Waals surface area contributed by atoms with E-state index in [-0.39, 0.29) is 0 Å². The molecule has 3 aromatic carbocycles. The van der Waals surface area contributed by atoms with E-state index in [1.807, 2.05) is 0 Å². The fourth-order valence-corrected chi connectivity index (χ4v) is 3.67. The van der Waals surface area contributed by atoms with Gasteiger partial charge in [0.1, 0.15) is 5.75 Å². The summed E-state index contributed by atoms with van der Waals surface area (Å²) < 4.78 is 5.92. The van der Waals surface area contributed by atoms with Crippen molar-refractivity contribution in [3.8, 4) is 5.75 Å². The molecule has 0 bridgehead atoms. The summed E-state index contributed by atoms with van der Waals surface area (Å²) in [7, 11) is 0. The van der Waals surface area contributed by atoms with E-state index in [0.29, 0.717) is 6.61 Å². The Balaban J connectivity index is 2.11. The summed E-state index contributed by atoms with van der Waals surface area (Å²) in [5.74, 6) is 1.03. The van der Waals surface area contributed by atoms with Gasteiger partial charge in [-0.1, -0.05) is 36.4 Å². The summed E-state index contributed by atoms with van der Waals surface area (Å²) in [6.07, 6.45) is 5.06. The van der Waals surface area contributed by atoms with Gasteiger partial charge in [0, 0.05) is 5.39 Å². The van der Waals surface area contributed by atoms with Gasteiger partial charge in [0.15, 0.2) is 0 Å². The highest BCUT2D eigenvalue weighted by molar-refractivity contribution is 6.11. The quantitative estimate of drug-likeness (QED) is 0.579. The topological polar surface area (TPSA) is 9.23 Å². The van der Waals surface area contributed by atoms with E-state index in [0.717, 1.165) is 5.75 Å². The molecule has 0 fully saturated rings. The van der Waals surface area contributed by atoms with Gasteiger partial charge in [0.05, 0.1) is 6.61 Å². The van der Waals surface area contributed by atoms with Gasteiger partial charge in [-0.15, -0.1) is 0 Å². The van der Waals surface area contributed by atoms with Crippen LogP contribution < -0.4 is 4.74 Å². The third kappa shape index (κ3) is 1.99. The first-order valence-electron chi connectivity index (χ1n) is 7.97. The van der Waals surface area contributed by atoms with E-state index < -0.39 is 0 Å². The zero-order valence-electron chi connectivity index (χ0n) is 12.5. The van der Waals surface area contributed by atoms with Gasteiger partial charge < -0.3 is 4.74 Å². The van der Waals surface area contributed by atoms with Gasteiger partial charge >= 0.3 is 0 Å². The summed E-state index contributed by atoms with van der Waals surface area (Å²) in [6, 6.07) is 15.5. The fraction of sp³-hybridized carbons (Fsp3) is 0.300. The first-order chi connectivity index (χ1) is 10.4. The summed E-state index contributed by atoms with van der Waals surface area (Å²) in [5.41, 5.74) is 3.08. The molecule has 1 nitrogen and oxygen atoms in total. The van der Waals surface area contributed by atoms with Crippen LogP contribution in [0.5, 0.6) is 5.75 Å². The number of hydrogen-bond donors (Lipinski definition) is 0. The second-order valence-electron chi connectivity index (χ2n) is 5.86. The van der Waals surface area contributed by atoms with Gasteiger partial charge in [0.2, 0.25) is 0 Å². The van der Waals surface area contributed by atoms with Gasteiger partial charge in [-0.25, -0.2) is 0 Å². The van der Waals surface area contributed by atoms with E-state index >= 15 is 0 Å². The Labute approximate surface area is 125 Å². The summed E-state index contributed by atoms with van der Waals surface area (Å²) in [6.45, 7) is 2.77. The van der Waals surface area contributed by atoms with Crippen molar-refractivity contribution in [3.63, 3.8) is 0 Å². The van der Waals surface area contributed by atoms with Crippen molar-refractivity contribution in [3.05, 3.63) is 53.6 Å². The minimum Gasteiger partial charge on any atom is -0.493 e. The molecule has 0 saturated carbocycles. The highest BCUT2D eigenvalue weighted by atomic mass is 16.5. The second kappa shape index (κ2) is 5.07. The van der Waals surface area contributed by atoms with E-state index in [9.17, 15) is 0 Å². The van der Waals surface area contributed by atoms with Crippen LogP contribution in [-0.4, -0.2) is 6.61 Å². The maximum absolute atomic E-state index is 5.92. The van der Waals surface area contributed by atoms with Crippen LogP contribution in [0.4, 0.5) is 0 Å². The predicted molar refractivity (Wildman–Crippen MR) is 89.3 cm³/mol. The molecule has 0 aliphatic heterocycles. The normalized spacial score (nSPS) is 14.3. The molecule has 1 heteroatoms. The van der Waals surface area contributed by atoms with Crippen LogP contribution in [-0.2, 0) is 12.8 Å². The van der Waals surface area contributed by atoms with Crippen LogP contribution in [0.3, 0.4) is 0 Å². The maximum atomic E-state index is 5.92. The Morgan fingerprint density at radius 2 is 1.62 bits per heavy atom. The molecule has 0 aromatic heterocycles. The average Bonchev–Trinajstić information content (AvgIpc) is 2.55. The van der Waals surface area contributed by atoms with Crippen LogP contribution in [0.1, 0.15) is 30.9 Å². The van der Waals surface area contributed by atoms with Crippen molar-refractivity contribution in [2.75, 3.05) is 6.61 Å². The molecule has 0 unspecified atom stereocenters. The van der Waals surface area contributed by atoms with Crippen molar-refractivity contribution in [1.29, 1.82) is 0 Å². The van der Waals surface area contributed by atoms with E-state index in [1.54, 1.807) is 5.56 Å². The second-order valence-corrected chi connectivity index (χ2v) is 5.86. The van der Waals surface area contributed by atoms with Crippen LogP contribution in [0.25, 0.3) is 21.5 Å². The van der Waals surface area contributed by atoms with Crippen molar-refractivity contribution in [2.45, 2.75) is 32.6 Å². The Morgan fingerprint density at radius 1 is 0.857 bits per heavy atom. The number of aryl methyl sites for hydroxylation is 2. The lowest BCUT2D eigenvalue weighted by Crippen LogP contribution is -2.03. The Morgan fingerprint density at radius 3 is 2.48 bits per heavy atom. The molecule has 3 aromatic rings. The molecule has 1 aliphatic rings. The summed E-state index contributed by atoms with van der Waals surface area (Å²) in [5, 5.41) is 5.30. The minimum atomic E-state index is 0.713. The third-order valence-electron chi connectivity index (χ3n) is 4.63. The number of ether oxygens (including phenoxy) is 1. The Hall–Kier alpha value is -2.02. The maximum Gasteiger partial charge on any atom is 0.127 e. The van der Waals surface area contributed by atoms with Gasteiger partial charge in [-0.05, 0) is 66.0 Å². The average molecular weight is 276 g/mol. The molecule has 0 saturated heterocycles. The predicted octanol–water partition coefficient (Wildman–Crippen LogP) is 5.27. The molecule has 106 valence electrons. The lowest BCUT2D eigenvalue weighted by atomic mass is 9.86. The summed E-state index contributed by atoms with van der Waals surface area (Å²) in [4.78, 5) is 0. The van der Waals surface area contributed by atoms with Crippen LogP contribution in [0.15, 0.2) is 42.5 Å². The van der Waals surface area contributed by atoms with Crippen LogP contribution in [0.2, 0.25) is 0 Å².